The van der Waals surface area contributed by atoms with Gasteiger partial charge in [0, 0.05) is 0 Å². The monoisotopic (exact) mass is 217 g/mol. The zero-order valence-electron chi connectivity index (χ0n) is 9.99. The molecule has 1 aromatic rings. The van der Waals surface area contributed by atoms with E-state index >= 15 is 0 Å². The molecule has 0 spiro atoms. The van der Waals surface area contributed by atoms with Crippen molar-refractivity contribution in [2.75, 3.05) is 6.54 Å². The van der Waals surface area contributed by atoms with E-state index in [-0.39, 0.29) is 6.10 Å². The van der Waals surface area contributed by atoms with Gasteiger partial charge in [-0.25, -0.2) is 0 Å². The van der Waals surface area contributed by atoms with Gasteiger partial charge in [0.15, 0.2) is 0 Å². The Morgan fingerprint density at radius 3 is 2.81 bits per heavy atom. The van der Waals surface area contributed by atoms with Crippen molar-refractivity contribution in [3.05, 3.63) is 29.8 Å². The summed E-state index contributed by atoms with van der Waals surface area (Å²) < 4.78 is 5.84. The van der Waals surface area contributed by atoms with Gasteiger partial charge in [0.2, 0.25) is 0 Å². The quantitative estimate of drug-likeness (QED) is 0.787. The Morgan fingerprint density at radius 1 is 1.38 bits per heavy atom. The van der Waals surface area contributed by atoms with E-state index in [9.17, 15) is 0 Å². The van der Waals surface area contributed by atoms with Crippen LogP contribution in [0.25, 0.3) is 0 Å². The van der Waals surface area contributed by atoms with Crippen LogP contribution in [0.15, 0.2) is 24.3 Å². The molecule has 0 aromatic heterocycles. The molecule has 1 aromatic carbocycles. The van der Waals surface area contributed by atoms with Gasteiger partial charge in [-0.2, -0.15) is 0 Å². The normalized spacial score (nSPS) is 11.4. The maximum Gasteiger partial charge on any atom is 0.135 e. The van der Waals surface area contributed by atoms with Crippen LogP contribution in [0.4, 0.5) is 0 Å². The molecule has 0 aliphatic heterocycles. The molecule has 0 saturated heterocycles. The standard InChI is InChI=1S/C14H19NO/c1-3-7-12(2)16-14-10-5-4-8-13(14)9-6-11-15/h4-5,8,10,12H,3,7,11,15H2,1-2H3. The summed E-state index contributed by atoms with van der Waals surface area (Å²) >= 11 is 0. The Labute approximate surface area is 97.8 Å². The van der Waals surface area contributed by atoms with Gasteiger partial charge < -0.3 is 10.5 Å². The first-order valence-electron chi connectivity index (χ1n) is 5.72. The van der Waals surface area contributed by atoms with E-state index < -0.39 is 0 Å². The minimum Gasteiger partial charge on any atom is -0.489 e. The van der Waals surface area contributed by atoms with Crippen molar-refractivity contribution in [1.29, 1.82) is 0 Å². The van der Waals surface area contributed by atoms with Gasteiger partial charge in [0.1, 0.15) is 5.75 Å². The fourth-order valence-corrected chi connectivity index (χ4v) is 1.50. The van der Waals surface area contributed by atoms with Crippen molar-refractivity contribution in [1.82, 2.24) is 0 Å². The summed E-state index contributed by atoms with van der Waals surface area (Å²) in [7, 11) is 0. The lowest BCUT2D eigenvalue weighted by Gasteiger charge is -2.14. The summed E-state index contributed by atoms with van der Waals surface area (Å²) in [5, 5.41) is 0. The summed E-state index contributed by atoms with van der Waals surface area (Å²) in [6.07, 6.45) is 2.40. The molecule has 0 amide bonds. The smallest absolute Gasteiger partial charge is 0.135 e. The number of nitrogens with two attached hydrogens (primary N) is 1. The first-order valence-corrected chi connectivity index (χ1v) is 5.72. The lowest BCUT2D eigenvalue weighted by atomic mass is 10.2. The molecule has 2 nitrogen and oxygen atoms in total. The number of para-hydroxylation sites is 1. The predicted octanol–water partition coefficient (Wildman–Crippen LogP) is 2.56. The zero-order chi connectivity index (χ0) is 11.8. The number of ether oxygens (including phenoxy) is 1. The fraction of sp³-hybridized carbons (Fsp3) is 0.429. The van der Waals surface area contributed by atoms with Crippen LogP contribution in [0.2, 0.25) is 0 Å². The average Bonchev–Trinajstić information content (AvgIpc) is 2.28. The molecule has 0 bridgehead atoms. The van der Waals surface area contributed by atoms with Gasteiger partial charge in [-0.1, -0.05) is 37.3 Å². The molecular formula is C14H19NO. The van der Waals surface area contributed by atoms with Crippen molar-refractivity contribution in [2.45, 2.75) is 32.8 Å². The van der Waals surface area contributed by atoms with Crippen LogP contribution in [0.3, 0.4) is 0 Å². The van der Waals surface area contributed by atoms with E-state index in [1.807, 2.05) is 24.3 Å². The lowest BCUT2D eigenvalue weighted by Crippen LogP contribution is -2.11. The highest BCUT2D eigenvalue weighted by molar-refractivity contribution is 5.46. The Bertz CT molecular complexity index is 376. The molecule has 1 atom stereocenters. The van der Waals surface area contributed by atoms with E-state index in [1.54, 1.807) is 0 Å². The van der Waals surface area contributed by atoms with Crippen molar-refractivity contribution in [2.24, 2.45) is 5.73 Å². The highest BCUT2D eigenvalue weighted by atomic mass is 16.5. The third-order valence-corrected chi connectivity index (χ3v) is 2.24. The molecule has 2 heteroatoms. The molecular weight excluding hydrogens is 198 g/mol. The van der Waals surface area contributed by atoms with Crippen LogP contribution in [0.5, 0.6) is 5.75 Å². The van der Waals surface area contributed by atoms with Crippen LogP contribution in [-0.4, -0.2) is 12.6 Å². The van der Waals surface area contributed by atoms with E-state index in [4.69, 9.17) is 10.5 Å². The number of hydrogen-bond acceptors (Lipinski definition) is 2. The molecule has 0 radical (unpaired) electrons. The van der Waals surface area contributed by atoms with Crippen LogP contribution in [0.1, 0.15) is 32.3 Å². The summed E-state index contributed by atoms with van der Waals surface area (Å²) in [5.74, 6) is 6.72. The lowest BCUT2D eigenvalue weighted by molar-refractivity contribution is 0.209. The Kier molecular flexibility index (Phi) is 5.45. The van der Waals surface area contributed by atoms with Crippen molar-refractivity contribution in [3.8, 4) is 17.6 Å². The van der Waals surface area contributed by atoms with Crippen LogP contribution in [0, 0.1) is 11.8 Å². The highest BCUT2D eigenvalue weighted by Gasteiger charge is 2.05. The Morgan fingerprint density at radius 2 is 2.12 bits per heavy atom. The van der Waals surface area contributed by atoms with Crippen LogP contribution >= 0.6 is 0 Å². The fourth-order valence-electron chi connectivity index (χ4n) is 1.50. The third-order valence-electron chi connectivity index (χ3n) is 2.24. The van der Waals surface area contributed by atoms with Gasteiger partial charge >= 0.3 is 0 Å². The molecule has 2 N–H and O–H groups in total. The van der Waals surface area contributed by atoms with E-state index in [0.717, 1.165) is 24.2 Å². The Hall–Kier alpha value is -1.46. The molecule has 0 fully saturated rings. The van der Waals surface area contributed by atoms with Crippen LogP contribution < -0.4 is 10.5 Å². The van der Waals surface area contributed by atoms with Crippen molar-refractivity contribution < 1.29 is 4.74 Å². The van der Waals surface area contributed by atoms with Gasteiger partial charge in [-0.05, 0) is 25.5 Å². The molecule has 86 valence electrons. The molecule has 0 saturated carbocycles. The minimum absolute atomic E-state index is 0.228. The van der Waals surface area contributed by atoms with E-state index in [1.165, 1.54) is 0 Å². The SMILES string of the molecule is CCCC(C)Oc1ccccc1C#CCN. The second kappa shape index (κ2) is 6.92. The highest BCUT2D eigenvalue weighted by Crippen LogP contribution is 2.19. The second-order valence-corrected chi connectivity index (χ2v) is 3.72. The third kappa shape index (κ3) is 3.96. The van der Waals surface area contributed by atoms with Gasteiger partial charge in [-0.3, -0.25) is 0 Å². The first kappa shape index (κ1) is 12.6. The van der Waals surface area contributed by atoms with Gasteiger partial charge in [0.25, 0.3) is 0 Å². The summed E-state index contributed by atoms with van der Waals surface area (Å²) in [6, 6.07) is 7.82. The summed E-state index contributed by atoms with van der Waals surface area (Å²) in [4.78, 5) is 0. The molecule has 16 heavy (non-hydrogen) atoms. The number of rotatable bonds is 4. The van der Waals surface area contributed by atoms with E-state index in [0.29, 0.717) is 6.54 Å². The minimum atomic E-state index is 0.228. The summed E-state index contributed by atoms with van der Waals surface area (Å²) in [5.41, 5.74) is 6.27. The molecule has 1 unspecified atom stereocenters. The van der Waals surface area contributed by atoms with Gasteiger partial charge in [0.05, 0.1) is 18.2 Å². The Balaban J connectivity index is 2.78. The molecule has 1 rings (SSSR count). The largest absolute Gasteiger partial charge is 0.489 e. The summed E-state index contributed by atoms with van der Waals surface area (Å²) in [6.45, 7) is 4.61. The van der Waals surface area contributed by atoms with Crippen LogP contribution in [-0.2, 0) is 0 Å². The molecule has 0 aliphatic carbocycles. The van der Waals surface area contributed by atoms with Crippen molar-refractivity contribution >= 4 is 0 Å². The maximum atomic E-state index is 5.84. The van der Waals surface area contributed by atoms with Gasteiger partial charge in [-0.15, -0.1) is 0 Å². The zero-order valence-corrected chi connectivity index (χ0v) is 9.99. The second-order valence-electron chi connectivity index (χ2n) is 3.72. The first-order chi connectivity index (χ1) is 7.77. The number of benzene rings is 1. The predicted molar refractivity (Wildman–Crippen MR) is 67.4 cm³/mol. The molecule has 0 aliphatic rings. The topological polar surface area (TPSA) is 35.2 Å². The van der Waals surface area contributed by atoms with Crippen molar-refractivity contribution in [3.63, 3.8) is 0 Å². The number of hydrogen-bond donors (Lipinski definition) is 1. The maximum absolute atomic E-state index is 5.84. The average molecular weight is 217 g/mol. The molecule has 0 heterocycles. The van der Waals surface area contributed by atoms with E-state index in [2.05, 4.69) is 25.7 Å².